The van der Waals surface area contributed by atoms with Crippen molar-refractivity contribution in [3.05, 3.63) is 70.6 Å². The van der Waals surface area contributed by atoms with Crippen LogP contribution in [-0.4, -0.2) is 60.4 Å². The van der Waals surface area contributed by atoms with E-state index in [2.05, 4.69) is 5.32 Å². The van der Waals surface area contributed by atoms with Crippen LogP contribution in [0.1, 0.15) is 37.6 Å². The Kier molecular flexibility index (Phi) is 7.69. The lowest BCUT2D eigenvalue weighted by atomic mass is 9.81. The largest absolute Gasteiger partial charge is 0.394 e. The van der Waals surface area contributed by atoms with Crippen molar-refractivity contribution in [2.24, 2.45) is 5.92 Å². The van der Waals surface area contributed by atoms with E-state index in [1.54, 1.807) is 26.2 Å². The second kappa shape index (κ2) is 10.3. The maximum Gasteiger partial charge on any atom is 0.148 e. The van der Waals surface area contributed by atoms with Crippen LogP contribution < -0.4 is 5.32 Å². The maximum atomic E-state index is 12.0. The van der Waals surface area contributed by atoms with E-state index in [9.17, 15) is 9.90 Å². The summed E-state index contributed by atoms with van der Waals surface area (Å²) in [6.45, 7) is 6.20. The molecule has 0 unspecified atom stereocenters. The second-order valence-corrected chi connectivity index (χ2v) is 9.04. The molecule has 2 heterocycles. The Bertz CT molecular complexity index is 1190. The molecule has 1 aliphatic heterocycles. The SMILES string of the molecule is CN/C=C\C(=N)c1c2c(nc3ccccc13)/C(=C/C(=C(\C=O)COC)[C@@](C)(O)C(C)C)N(C)C2. The van der Waals surface area contributed by atoms with Gasteiger partial charge in [0.1, 0.15) is 6.29 Å². The molecule has 7 nitrogen and oxygen atoms in total. The van der Waals surface area contributed by atoms with E-state index < -0.39 is 5.60 Å². The number of carbonyl (C=O) groups excluding carboxylic acids is 1. The van der Waals surface area contributed by atoms with Crippen molar-refractivity contribution >= 4 is 28.6 Å². The summed E-state index contributed by atoms with van der Waals surface area (Å²) in [5, 5.41) is 24.0. The van der Waals surface area contributed by atoms with E-state index in [-0.39, 0.29) is 12.5 Å². The van der Waals surface area contributed by atoms with Gasteiger partial charge >= 0.3 is 0 Å². The minimum absolute atomic E-state index is 0.0952. The van der Waals surface area contributed by atoms with E-state index in [1.165, 1.54) is 7.11 Å². The number of ether oxygens (including phenoxy) is 1. The molecule has 0 radical (unpaired) electrons. The fraction of sp³-hybridized carbons (Fsp3) is 0.370. The number of benzene rings is 1. The van der Waals surface area contributed by atoms with Gasteiger partial charge in [0.2, 0.25) is 0 Å². The Balaban J connectivity index is 2.33. The van der Waals surface area contributed by atoms with E-state index in [0.717, 1.165) is 39.7 Å². The third-order valence-electron chi connectivity index (χ3n) is 6.47. The van der Waals surface area contributed by atoms with Crippen LogP contribution in [0.2, 0.25) is 0 Å². The lowest BCUT2D eigenvalue weighted by Gasteiger charge is -2.31. The highest BCUT2D eigenvalue weighted by molar-refractivity contribution is 6.16. The quantitative estimate of drug-likeness (QED) is 0.299. The minimum atomic E-state index is -1.26. The van der Waals surface area contributed by atoms with Crippen LogP contribution in [0.5, 0.6) is 0 Å². The molecule has 0 aliphatic carbocycles. The molecular formula is C27H34N4O3. The number of aromatic nitrogens is 1. The number of nitrogens with one attached hydrogen (secondary N) is 2. The molecule has 1 aromatic heterocycles. The maximum absolute atomic E-state index is 12.0. The van der Waals surface area contributed by atoms with Crippen LogP contribution in [0.15, 0.2) is 53.8 Å². The summed E-state index contributed by atoms with van der Waals surface area (Å²) in [6.07, 6.45) is 6.08. The van der Waals surface area contributed by atoms with Gasteiger partial charge in [0.15, 0.2) is 0 Å². The van der Waals surface area contributed by atoms with Gasteiger partial charge in [-0.05, 0) is 42.8 Å². The fourth-order valence-corrected chi connectivity index (χ4v) is 4.20. The van der Waals surface area contributed by atoms with Gasteiger partial charge in [-0.25, -0.2) is 4.98 Å². The predicted molar refractivity (Wildman–Crippen MR) is 137 cm³/mol. The normalized spacial score (nSPS) is 17.3. The Hall–Kier alpha value is -3.29. The zero-order chi connectivity index (χ0) is 25.0. The van der Waals surface area contributed by atoms with Crippen LogP contribution in [0.3, 0.4) is 0 Å². The molecule has 1 aromatic carbocycles. The number of allylic oxidation sites excluding steroid dienone is 1. The van der Waals surface area contributed by atoms with E-state index in [0.29, 0.717) is 23.4 Å². The zero-order valence-corrected chi connectivity index (χ0v) is 20.8. The number of nitrogens with zero attached hydrogens (tertiary/aromatic N) is 2. The van der Waals surface area contributed by atoms with Crippen LogP contribution in [-0.2, 0) is 16.1 Å². The standard InChI is InChI=1S/C27H34N4O3/c1-17(2)27(3,33)21(18(15-32)16-34-6)13-24-26-20(14-31(24)5)25(22(28)11-12-29-4)19-9-7-8-10-23(19)30-26/h7-13,15,17,28-29,33H,14,16H2,1-6H3/b12-11-,21-18-,24-13-,28-22?/t27-/m0/s1. The third-order valence-corrected chi connectivity index (χ3v) is 6.47. The lowest BCUT2D eigenvalue weighted by molar-refractivity contribution is -0.105. The number of hydrogen-bond acceptors (Lipinski definition) is 7. The molecule has 2 aromatic rings. The van der Waals surface area contributed by atoms with Crippen molar-refractivity contribution in [1.29, 1.82) is 5.41 Å². The molecular weight excluding hydrogens is 428 g/mol. The summed E-state index contributed by atoms with van der Waals surface area (Å²) in [6, 6.07) is 7.80. The number of methoxy groups -OCH3 is 1. The van der Waals surface area contributed by atoms with Crippen molar-refractivity contribution in [1.82, 2.24) is 15.2 Å². The molecule has 0 spiro atoms. The van der Waals surface area contributed by atoms with E-state index in [1.807, 2.05) is 56.1 Å². The molecule has 34 heavy (non-hydrogen) atoms. The monoisotopic (exact) mass is 462 g/mol. The molecule has 0 bridgehead atoms. The molecule has 180 valence electrons. The van der Waals surface area contributed by atoms with Gasteiger partial charge in [-0.15, -0.1) is 0 Å². The summed E-state index contributed by atoms with van der Waals surface area (Å²) >= 11 is 0. The van der Waals surface area contributed by atoms with Gasteiger partial charge in [0.25, 0.3) is 0 Å². The highest BCUT2D eigenvalue weighted by Crippen LogP contribution is 2.39. The summed E-state index contributed by atoms with van der Waals surface area (Å²) in [5.74, 6) is -0.141. The number of hydrogen-bond donors (Lipinski definition) is 3. The van der Waals surface area contributed by atoms with Crippen molar-refractivity contribution in [2.45, 2.75) is 32.9 Å². The average molecular weight is 463 g/mol. The topological polar surface area (TPSA) is 98.5 Å². The number of rotatable bonds is 9. The van der Waals surface area contributed by atoms with Gasteiger partial charge in [-0.3, -0.25) is 4.79 Å². The Labute approximate surface area is 201 Å². The van der Waals surface area contributed by atoms with Crippen LogP contribution in [0.25, 0.3) is 16.6 Å². The number of para-hydroxylation sites is 1. The van der Waals surface area contributed by atoms with Crippen LogP contribution >= 0.6 is 0 Å². The zero-order valence-electron chi connectivity index (χ0n) is 20.8. The van der Waals surface area contributed by atoms with Gasteiger partial charge in [0.05, 0.1) is 34.8 Å². The number of pyridine rings is 1. The molecule has 1 atom stereocenters. The van der Waals surface area contributed by atoms with Crippen LogP contribution in [0, 0.1) is 11.3 Å². The fourth-order valence-electron chi connectivity index (χ4n) is 4.20. The predicted octanol–water partition coefficient (Wildman–Crippen LogP) is 3.67. The molecule has 0 saturated carbocycles. The first-order valence-electron chi connectivity index (χ1n) is 11.3. The van der Waals surface area contributed by atoms with Crippen molar-refractivity contribution < 1.29 is 14.6 Å². The minimum Gasteiger partial charge on any atom is -0.394 e. The van der Waals surface area contributed by atoms with E-state index in [4.69, 9.17) is 15.1 Å². The number of carbonyl (C=O) groups is 1. The molecule has 0 fully saturated rings. The molecule has 0 amide bonds. The first-order chi connectivity index (χ1) is 16.2. The average Bonchev–Trinajstić information content (AvgIpc) is 3.11. The smallest absolute Gasteiger partial charge is 0.148 e. The van der Waals surface area contributed by atoms with Crippen molar-refractivity contribution in [2.75, 3.05) is 27.8 Å². The van der Waals surface area contributed by atoms with E-state index >= 15 is 0 Å². The second-order valence-electron chi connectivity index (χ2n) is 9.04. The number of fused-ring (bicyclic) bond motifs is 2. The van der Waals surface area contributed by atoms with Crippen molar-refractivity contribution in [3.8, 4) is 0 Å². The Morgan fingerprint density at radius 2 is 2.09 bits per heavy atom. The number of aliphatic hydroxyl groups is 1. The first kappa shape index (κ1) is 25.3. The van der Waals surface area contributed by atoms with Gasteiger partial charge in [0, 0.05) is 49.8 Å². The number of aldehydes is 1. The van der Waals surface area contributed by atoms with Crippen molar-refractivity contribution in [3.63, 3.8) is 0 Å². The van der Waals surface area contributed by atoms with Gasteiger partial charge in [-0.2, -0.15) is 0 Å². The summed E-state index contributed by atoms with van der Waals surface area (Å²) < 4.78 is 5.26. The molecule has 0 saturated heterocycles. The molecule has 3 rings (SSSR count). The first-order valence-corrected chi connectivity index (χ1v) is 11.3. The molecule has 7 heteroatoms. The van der Waals surface area contributed by atoms with Gasteiger partial charge < -0.3 is 25.5 Å². The van der Waals surface area contributed by atoms with Gasteiger partial charge in [-0.1, -0.05) is 32.0 Å². The molecule has 3 N–H and O–H groups in total. The molecule has 1 aliphatic rings. The highest BCUT2D eigenvalue weighted by Gasteiger charge is 2.34. The Morgan fingerprint density at radius 3 is 2.71 bits per heavy atom. The summed E-state index contributed by atoms with van der Waals surface area (Å²) in [7, 11) is 5.28. The summed E-state index contributed by atoms with van der Waals surface area (Å²) in [4.78, 5) is 19.0. The summed E-state index contributed by atoms with van der Waals surface area (Å²) in [5.41, 5.74) is 4.13. The highest BCUT2D eigenvalue weighted by atomic mass is 16.5. The van der Waals surface area contributed by atoms with Crippen LogP contribution in [0.4, 0.5) is 0 Å². The Morgan fingerprint density at radius 1 is 1.38 bits per heavy atom. The third kappa shape index (κ3) is 4.67. The lowest BCUT2D eigenvalue weighted by Crippen LogP contribution is -2.35.